The first-order valence-electron chi connectivity index (χ1n) is 11.5. The van der Waals surface area contributed by atoms with Crippen LogP contribution in [0.4, 0.5) is 4.79 Å². The van der Waals surface area contributed by atoms with E-state index in [0.717, 1.165) is 22.8 Å². The van der Waals surface area contributed by atoms with Crippen LogP contribution < -0.4 is 10.5 Å². The molecule has 3 heterocycles. The third kappa shape index (κ3) is 5.34. The maximum atomic E-state index is 12.3. The Bertz CT molecular complexity index is 992. The van der Waals surface area contributed by atoms with Gasteiger partial charge in [0.25, 0.3) is 0 Å². The molecule has 2 atom stereocenters. The molecule has 1 saturated heterocycles. The van der Waals surface area contributed by atoms with Crippen LogP contribution in [0.2, 0.25) is 0 Å². The van der Waals surface area contributed by atoms with Gasteiger partial charge in [0, 0.05) is 35.9 Å². The van der Waals surface area contributed by atoms with Gasteiger partial charge in [-0.15, -0.1) is 0 Å². The Morgan fingerprint density at radius 3 is 2.79 bits per heavy atom. The first-order chi connectivity index (χ1) is 15.6. The van der Waals surface area contributed by atoms with Crippen LogP contribution >= 0.6 is 11.8 Å². The number of nitrogens with zero attached hydrogens (tertiary/aromatic N) is 4. The molecule has 8 nitrogen and oxygen atoms in total. The lowest BCUT2D eigenvalue weighted by Gasteiger charge is -2.40. The number of hydrogen-bond donors (Lipinski definition) is 1. The summed E-state index contributed by atoms with van der Waals surface area (Å²) < 4.78 is 11.5. The number of amidine groups is 1. The molecule has 2 unspecified atom stereocenters. The zero-order chi connectivity index (χ0) is 23.8. The van der Waals surface area contributed by atoms with Gasteiger partial charge in [-0.05, 0) is 58.7 Å². The van der Waals surface area contributed by atoms with Crippen molar-refractivity contribution in [1.29, 1.82) is 0 Å². The molecule has 1 aromatic carbocycles. The minimum absolute atomic E-state index is 0.0187. The van der Waals surface area contributed by atoms with Crippen molar-refractivity contribution in [3.05, 3.63) is 29.3 Å². The Kier molecular flexibility index (Phi) is 6.70. The predicted molar refractivity (Wildman–Crippen MR) is 134 cm³/mol. The SMILES string of the molecule is CC(C)N=C(N=CN)C1=NC2c3cc(C4CN(C(=O)OC(C)(C)C)C4)ccc3OCCC2S1. The first-order valence-corrected chi connectivity index (χ1v) is 12.3. The van der Waals surface area contributed by atoms with E-state index in [9.17, 15) is 4.79 Å². The molecule has 1 fully saturated rings. The highest BCUT2D eigenvalue weighted by Crippen LogP contribution is 2.46. The van der Waals surface area contributed by atoms with E-state index in [1.54, 1.807) is 16.7 Å². The Balaban J connectivity index is 1.55. The maximum absolute atomic E-state index is 12.3. The average Bonchev–Trinajstić information content (AvgIpc) is 3.02. The molecule has 0 radical (unpaired) electrons. The smallest absolute Gasteiger partial charge is 0.410 e. The van der Waals surface area contributed by atoms with Crippen molar-refractivity contribution in [1.82, 2.24) is 4.90 Å². The van der Waals surface area contributed by atoms with Gasteiger partial charge in [-0.3, -0.25) is 9.98 Å². The first kappa shape index (κ1) is 23.6. The van der Waals surface area contributed by atoms with Crippen LogP contribution in [-0.4, -0.2) is 64.8 Å². The normalized spacial score (nSPS) is 23.5. The summed E-state index contributed by atoms with van der Waals surface area (Å²) in [5.74, 6) is 1.75. The van der Waals surface area contributed by atoms with E-state index in [1.807, 2.05) is 40.7 Å². The fraction of sp³-hybridized carbons (Fsp3) is 0.583. The predicted octanol–water partition coefficient (Wildman–Crippen LogP) is 4.15. The fourth-order valence-corrected chi connectivity index (χ4v) is 5.36. The van der Waals surface area contributed by atoms with Crippen molar-refractivity contribution >= 4 is 35.1 Å². The second kappa shape index (κ2) is 9.37. The van der Waals surface area contributed by atoms with Crippen LogP contribution in [0.3, 0.4) is 0 Å². The van der Waals surface area contributed by atoms with Gasteiger partial charge < -0.3 is 20.1 Å². The number of thioether (sulfide) groups is 1. The number of nitrogens with two attached hydrogens (primary N) is 1. The molecule has 0 aromatic heterocycles. The van der Waals surface area contributed by atoms with Gasteiger partial charge in [-0.25, -0.2) is 9.79 Å². The van der Waals surface area contributed by atoms with Crippen LogP contribution in [0.5, 0.6) is 5.75 Å². The van der Waals surface area contributed by atoms with Gasteiger partial charge in [0.2, 0.25) is 0 Å². The number of fused-ring (bicyclic) bond motifs is 3. The Morgan fingerprint density at radius 1 is 1.36 bits per heavy atom. The molecule has 33 heavy (non-hydrogen) atoms. The number of carbonyl (C=O) groups excluding carboxylic acids is 1. The molecule has 178 valence electrons. The average molecular weight is 472 g/mol. The lowest BCUT2D eigenvalue weighted by atomic mass is 9.89. The number of ether oxygens (including phenoxy) is 2. The van der Waals surface area contributed by atoms with E-state index in [0.29, 0.717) is 25.5 Å². The molecule has 4 rings (SSSR count). The maximum Gasteiger partial charge on any atom is 0.410 e. The number of amides is 1. The van der Waals surface area contributed by atoms with Crippen LogP contribution in [0.1, 0.15) is 64.1 Å². The molecule has 1 aromatic rings. The number of carbonyl (C=O) groups is 1. The number of aliphatic imine (C=N–C) groups is 3. The minimum Gasteiger partial charge on any atom is -0.493 e. The lowest BCUT2D eigenvalue weighted by Crippen LogP contribution is -2.50. The summed E-state index contributed by atoms with van der Waals surface area (Å²) in [7, 11) is 0. The van der Waals surface area contributed by atoms with E-state index >= 15 is 0 Å². The Morgan fingerprint density at radius 2 is 2.12 bits per heavy atom. The minimum atomic E-state index is -0.486. The molecular weight excluding hydrogens is 438 g/mol. The van der Waals surface area contributed by atoms with Gasteiger partial charge in [0.1, 0.15) is 16.4 Å². The largest absolute Gasteiger partial charge is 0.493 e. The van der Waals surface area contributed by atoms with Gasteiger partial charge in [0.15, 0.2) is 5.84 Å². The summed E-state index contributed by atoms with van der Waals surface area (Å²) in [6.07, 6.45) is 1.92. The van der Waals surface area contributed by atoms with E-state index in [4.69, 9.17) is 20.2 Å². The second-order valence-corrected chi connectivity index (χ2v) is 11.1. The van der Waals surface area contributed by atoms with E-state index in [1.165, 1.54) is 11.9 Å². The molecule has 9 heteroatoms. The highest BCUT2D eigenvalue weighted by Gasteiger charge is 2.39. The zero-order valence-electron chi connectivity index (χ0n) is 19.9. The van der Waals surface area contributed by atoms with Crippen LogP contribution in [0.15, 0.2) is 33.2 Å². The van der Waals surface area contributed by atoms with Gasteiger partial charge in [0.05, 0.1) is 19.0 Å². The number of benzene rings is 1. The summed E-state index contributed by atoms with van der Waals surface area (Å²) >= 11 is 1.71. The highest BCUT2D eigenvalue weighted by atomic mass is 32.2. The Labute approximate surface area is 199 Å². The summed E-state index contributed by atoms with van der Waals surface area (Å²) in [6, 6.07) is 6.44. The Hall–Kier alpha value is -2.55. The third-order valence-electron chi connectivity index (χ3n) is 5.66. The third-order valence-corrected chi connectivity index (χ3v) is 6.96. The lowest BCUT2D eigenvalue weighted by molar-refractivity contribution is 0.00818. The van der Waals surface area contributed by atoms with E-state index in [2.05, 4.69) is 22.1 Å². The van der Waals surface area contributed by atoms with Gasteiger partial charge >= 0.3 is 6.09 Å². The molecule has 3 aliphatic rings. The van der Waals surface area contributed by atoms with E-state index in [-0.39, 0.29) is 29.3 Å². The van der Waals surface area contributed by atoms with Gasteiger partial charge in [-0.2, -0.15) is 0 Å². The molecule has 0 spiro atoms. The number of hydrogen-bond acceptors (Lipinski definition) is 6. The standard InChI is InChI=1S/C24H33N5O3S/c1-14(2)27-21(26-13-25)22-28-20-17-10-15(6-7-18(17)31-9-8-19(20)33-22)16-11-29(12-16)23(30)32-24(3,4)5/h6-7,10,13-14,16,19-20H,8-9,11-12H2,1-5H3,(H2,25,26,27). The summed E-state index contributed by atoms with van der Waals surface area (Å²) in [6.45, 7) is 11.6. The molecule has 2 N–H and O–H groups in total. The summed E-state index contributed by atoms with van der Waals surface area (Å²) in [4.78, 5) is 28.0. The van der Waals surface area contributed by atoms with Crippen LogP contribution in [0, 0.1) is 0 Å². The quantitative estimate of drug-likeness (QED) is 0.527. The van der Waals surface area contributed by atoms with Crippen molar-refractivity contribution in [2.45, 2.75) is 69.9 Å². The molecule has 0 saturated carbocycles. The number of likely N-dealkylation sites (tertiary alicyclic amines) is 1. The summed E-state index contributed by atoms with van der Waals surface area (Å²) in [5, 5.41) is 1.10. The van der Waals surface area contributed by atoms with E-state index < -0.39 is 5.60 Å². The van der Waals surface area contributed by atoms with Crippen molar-refractivity contribution in [3.63, 3.8) is 0 Å². The molecule has 3 aliphatic heterocycles. The summed E-state index contributed by atoms with van der Waals surface area (Å²) in [5.41, 5.74) is 7.37. The molecule has 0 aliphatic carbocycles. The van der Waals surface area contributed by atoms with Crippen molar-refractivity contribution in [2.75, 3.05) is 19.7 Å². The monoisotopic (exact) mass is 471 g/mol. The number of rotatable bonds is 3. The van der Waals surface area contributed by atoms with Gasteiger partial charge in [-0.1, -0.05) is 17.8 Å². The molecule has 1 amide bonds. The van der Waals surface area contributed by atoms with Crippen molar-refractivity contribution < 1.29 is 14.3 Å². The molecule has 0 bridgehead atoms. The fourth-order valence-electron chi connectivity index (χ4n) is 4.14. The zero-order valence-corrected chi connectivity index (χ0v) is 20.8. The second-order valence-electron chi connectivity index (χ2n) is 9.88. The van der Waals surface area contributed by atoms with Crippen molar-refractivity contribution in [2.24, 2.45) is 20.7 Å². The van der Waals surface area contributed by atoms with Crippen LogP contribution in [-0.2, 0) is 4.74 Å². The highest BCUT2D eigenvalue weighted by molar-refractivity contribution is 8.16. The van der Waals surface area contributed by atoms with Crippen molar-refractivity contribution in [3.8, 4) is 5.75 Å². The topological polar surface area (TPSA) is 102 Å². The van der Waals surface area contributed by atoms with Crippen LogP contribution in [0.25, 0.3) is 0 Å². The molecular formula is C24H33N5O3S.